The van der Waals surface area contributed by atoms with E-state index in [1.165, 1.54) is 16.3 Å². The zero-order valence-corrected chi connectivity index (χ0v) is 9.25. The predicted octanol–water partition coefficient (Wildman–Crippen LogP) is 1.02. The Morgan fingerprint density at radius 2 is 2.00 bits per heavy atom. The second-order valence-corrected chi connectivity index (χ2v) is 4.22. The molecule has 0 atom stereocenters. The van der Waals surface area contributed by atoms with E-state index in [0.717, 1.165) is 16.7 Å². The van der Waals surface area contributed by atoms with Crippen molar-refractivity contribution in [3.05, 3.63) is 48.1 Å². The van der Waals surface area contributed by atoms with Crippen molar-refractivity contribution in [2.45, 2.75) is 6.42 Å². The van der Waals surface area contributed by atoms with Crippen LogP contribution in [0.4, 0.5) is 0 Å². The molecule has 1 aliphatic carbocycles. The molecule has 0 heterocycles. The minimum atomic E-state index is 1.11. The Bertz CT molecular complexity index is 348. The van der Waals surface area contributed by atoms with Crippen molar-refractivity contribution < 1.29 is 0 Å². The lowest BCUT2D eigenvalue weighted by molar-refractivity contribution is 1.44. The minimum Gasteiger partial charge on any atom is -0.0801 e. The third-order valence-corrected chi connectivity index (χ3v) is 3.13. The van der Waals surface area contributed by atoms with E-state index in [9.17, 15) is 0 Å². The molecular weight excluding hydrogens is 160 g/mol. The molecule has 0 aliphatic heterocycles. The highest BCUT2D eigenvalue weighted by molar-refractivity contribution is 6.34. The Labute approximate surface area is 76.0 Å². The van der Waals surface area contributed by atoms with Gasteiger partial charge in [0.15, 0.2) is 0 Å². The Balaban J connectivity index is 2.40. The number of allylic oxidation sites excluding steroid dienone is 4. The summed E-state index contributed by atoms with van der Waals surface area (Å²) >= 11 is 0. The second kappa shape index (κ2) is 3.11. The molecule has 0 amide bonds. The predicted molar refractivity (Wildman–Crippen MR) is 57.7 cm³/mol. The highest BCUT2D eigenvalue weighted by atomic mass is 28.1. The van der Waals surface area contributed by atoms with E-state index in [4.69, 9.17) is 0 Å². The van der Waals surface area contributed by atoms with Crippen LogP contribution in [0.3, 0.4) is 0 Å². The lowest BCUT2D eigenvalue weighted by Crippen LogP contribution is -2.07. The van der Waals surface area contributed by atoms with Crippen LogP contribution in [0.15, 0.2) is 42.5 Å². The molecule has 1 aromatic carbocycles. The van der Waals surface area contributed by atoms with Crippen LogP contribution in [0, 0.1) is 0 Å². The Kier molecular flexibility index (Phi) is 1.96. The first-order valence-electron chi connectivity index (χ1n) is 4.29. The van der Waals surface area contributed by atoms with Gasteiger partial charge in [-0.3, -0.25) is 0 Å². The summed E-state index contributed by atoms with van der Waals surface area (Å²) < 4.78 is 0. The first kappa shape index (κ1) is 7.56. The lowest BCUT2D eigenvalue weighted by atomic mass is 10.1. The lowest BCUT2D eigenvalue weighted by Gasteiger charge is -2.05. The van der Waals surface area contributed by atoms with Gasteiger partial charge in [0.2, 0.25) is 0 Å². The highest BCUT2D eigenvalue weighted by Crippen LogP contribution is 2.20. The van der Waals surface area contributed by atoms with Gasteiger partial charge < -0.3 is 0 Å². The van der Waals surface area contributed by atoms with Gasteiger partial charge in [-0.1, -0.05) is 47.7 Å². The maximum Gasteiger partial charge on any atom is 0.0392 e. The number of hydrogen-bond acceptors (Lipinski definition) is 0. The Hall–Kier alpha value is -1.08. The summed E-state index contributed by atoms with van der Waals surface area (Å²) in [6, 6.07) is 8.69. The van der Waals surface area contributed by atoms with Gasteiger partial charge in [0.25, 0.3) is 0 Å². The van der Waals surface area contributed by atoms with E-state index in [-0.39, 0.29) is 0 Å². The monoisotopic (exact) mass is 172 g/mol. The second-order valence-electron chi connectivity index (χ2n) is 3.14. The maximum absolute atomic E-state index is 2.22. The van der Waals surface area contributed by atoms with Crippen LogP contribution in [-0.4, -0.2) is 10.2 Å². The summed E-state index contributed by atoms with van der Waals surface area (Å²) in [7, 11) is 1.14. The van der Waals surface area contributed by atoms with E-state index in [2.05, 4.69) is 42.5 Å². The third kappa shape index (κ3) is 1.28. The summed E-state index contributed by atoms with van der Waals surface area (Å²) in [4.78, 5) is 0. The molecule has 1 heteroatoms. The zero-order valence-electron chi connectivity index (χ0n) is 7.25. The van der Waals surface area contributed by atoms with Crippen molar-refractivity contribution in [2.24, 2.45) is 0 Å². The first-order valence-corrected chi connectivity index (χ1v) is 5.29. The van der Waals surface area contributed by atoms with Crippen LogP contribution < -0.4 is 5.19 Å². The fourth-order valence-electron chi connectivity index (χ4n) is 1.58. The average molecular weight is 172 g/mol. The van der Waals surface area contributed by atoms with E-state index >= 15 is 0 Å². The fourth-order valence-corrected chi connectivity index (χ4v) is 2.26. The highest BCUT2D eigenvalue weighted by Gasteiger charge is 2.03. The smallest absolute Gasteiger partial charge is 0.0392 e. The molecule has 0 fully saturated rings. The van der Waals surface area contributed by atoms with Gasteiger partial charge in [-0.15, -0.1) is 0 Å². The molecule has 0 saturated heterocycles. The average Bonchev–Trinajstić information content (AvgIpc) is 2.57. The molecule has 0 N–H and O–H groups in total. The summed E-state index contributed by atoms with van der Waals surface area (Å²) in [5, 5.41) is 1.51. The number of hydrogen-bond donors (Lipinski definition) is 0. The Morgan fingerprint density at radius 3 is 2.67 bits per heavy atom. The molecule has 0 spiro atoms. The van der Waals surface area contributed by atoms with Gasteiger partial charge in [-0.2, -0.15) is 0 Å². The van der Waals surface area contributed by atoms with Crippen molar-refractivity contribution in [3.8, 4) is 0 Å². The molecule has 2 rings (SSSR count). The van der Waals surface area contributed by atoms with E-state index in [1.54, 1.807) is 0 Å². The van der Waals surface area contributed by atoms with Gasteiger partial charge in [0.05, 0.1) is 0 Å². The van der Waals surface area contributed by atoms with Crippen LogP contribution in [0.2, 0.25) is 0 Å². The number of rotatable bonds is 1. The van der Waals surface area contributed by atoms with Crippen LogP contribution in [0.25, 0.3) is 5.57 Å². The molecular formula is C11H12Si. The van der Waals surface area contributed by atoms with Gasteiger partial charge in [-0.25, -0.2) is 0 Å². The van der Waals surface area contributed by atoms with Crippen molar-refractivity contribution in [1.29, 1.82) is 0 Å². The number of benzene rings is 1. The van der Waals surface area contributed by atoms with Crippen molar-refractivity contribution in [2.75, 3.05) is 0 Å². The molecule has 0 aromatic heterocycles. The van der Waals surface area contributed by atoms with Gasteiger partial charge >= 0.3 is 0 Å². The summed E-state index contributed by atoms with van der Waals surface area (Å²) in [6.07, 6.45) is 7.68. The van der Waals surface area contributed by atoms with Crippen LogP contribution >= 0.6 is 0 Å². The van der Waals surface area contributed by atoms with Crippen molar-refractivity contribution in [1.82, 2.24) is 0 Å². The summed E-state index contributed by atoms with van der Waals surface area (Å²) in [6.45, 7) is 0. The molecule has 1 aromatic rings. The molecule has 1 aliphatic rings. The fraction of sp³-hybridized carbons (Fsp3) is 0.0909. The minimum absolute atomic E-state index is 1.11. The molecule has 0 bridgehead atoms. The normalized spacial score (nSPS) is 15.2. The van der Waals surface area contributed by atoms with E-state index < -0.39 is 0 Å². The quantitative estimate of drug-likeness (QED) is 0.555. The maximum atomic E-state index is 2.22. The topological polar surface area (TPSA) is 0 Å². The SMILES string of the molecule is [SiH3]c1ccccc1C1=CC=CC1. The van der Waals surface area contributed by atoms with Gasteiger partial charge in [0.1, 0.15) is 0 Å². The molecule has 60 valence electrons. The third-order valence-electron chi connectivity index (χ3n) is 2.26. The van der Waals surface area contributed by atoms with Crippen LogP contribution in [0.5, 0.6) is 0 Å². The first-order chi connectivity index (χ1) is 5.88. The van der Waals surface area contributed by atoms with Crippen LogP contribution in [0.1, 0.15) is 12.0 Å². The van der Waals surface area contributed by atoms with E-state index in [1.807, 2.05) is 0 Å². The van der Waals surface area contributed by atoms with Crippen molar-refractivity contribution in [3.63, 3.8) is 0 Å². The molecule has 0 radical (unpaired) electrons. The molecule has 12 heavy (non-hydrogen) atoms. The van der Waals surface area contributed by atoms with Gasteiger partial charge in [-0.05, 0) is 17.6 Å². The summed E-state index contributed by atoms with van der Waals surface area (Å²) in [5.41, 5.74) is 2.93. The summed E-state index contributed by atoms with van der Waals surface area (Å²) in [5.74, 6) is 0. The Morgan fingerprint density at radius 1 is 1.17 bits per heavy atom. The molecule has 0 unspecified atom stereocenters. The van der Waals surface area contributed by atoms with Gasteiger partial charge in [0, 0.05) is 10.2 Å². The van der Waals surface area contributed by atoms with Crippen LogP contribution in [-0.2, 0) is 0 Å². The standard InChI is InChI=1S/C11H12Si/c12-11-8-4-3-7-10(11)9-5-1-2-6-9/h1-5,7-8H,6H2,12H3. The largest absolute Gasteiger partial charge is 0.0801 e. The molecule has 0 saturated carbocycles. The van der Waals surface area contributed by atoms with E-state index in [0.29, 0.717) is 0 Å². The zero-order chi connectivity index (χ0) is 8.39. The van der Waals surface area contributed by atoms with Crippen molar-refractivity contribution >= 4 is 21.0 Å². The molecule has 0 nitrogen and oxygen atoms in total.